The molecule has 1 unspecified atom stereocenters. The quantitative estimate of drug-likeness (QED) is 0.764. The van der Waals surface area contributed by atoms with Crippen LogP contribution in [0, 0.1) is 0 Å². The SMILES string of the molecule is CNC(C)C(=O)Nc1ccc(C(=O)O)c(Cl)c1. The average molecular weight is 257 g/mol. The van der Waals surface area contributed by atoms with E-state index in [9.17, 15) is 9.59 Å². The first-order valence-electron chi connectivity index (χ1n) is 4.96. The Balaban J connectivity index is 2.84. The molecule has 0 aromatic heterocycles. The molecule has 6 heteroatoms. The fourth-order valence-corrected chi connectivity index (χ4v) is 1.41. The molecule has 0 aliphatic carbocycles. The van der Waals surface area contributed by atoms with Gasteiger partial charge in [0.05, 0.1) is 16.6 Å². The van der Waals surface area contributed by atoms with Crippen molar-refractivity contribution in [3.05, 3.63) is 28.8 Å². The van der Waals surface area contributed by atoms with Crippen molar-refractivity contribution in [2.24, 2.45) is 0 Å². The summed E-state index contributed by atoms with van der Waals surface area (Å²) in [6, 6.07) is 3.92. The van der Waals surface area contributed by atoms with Crippen molar-refractivity contribution in [2.75, 3.05) is 12.4 Å². The summed E-state index contributed by atoms with van der Waals surface area (Å²) in [4.78, 5) is 22.3. The van der Waals surface area contributed by atoms with Crippen LogP contribution in [0.2, 0.25) is 5.02 Å². The Bertz CT molecular complexity index is 448. The molecule has 0 saturated heterocycles. The van der Waals surface area contributed by atoms with Gasteiger partial charge in [-0.15, -0.1) is 0 Å². The molecule has 92 valence electrons. The van der Waals surface area contributed by atoms with E-state index in [4.69, 9.17) is 16.7 Å². The fourth-order valence-electron chi connectivity index (χ4n) is 1.15. The number of halogens is 1. The maximum atomic E-state index is 11.5. The first kappa shape index (κ1) is 13.5. The lowest BCUT2D eigenvalue weighted by molar-refractivity contribution is -0.117. The van der Waals surface area contributed by atoms with Gasteiger partial charge in [-0.2, -0.15) is 0 Å². The highest BCUT2D eigenvalue weighted by Gasteiger charge is 2.13. The Labute approximate surface area is 104 Å². The third-order valence-electron chi connectivity index (χ3n) is 2.29. The smallest absolute Gasteiger partial charge is 0.337 e. The highest BCUT2D eigenvalue weighted by molar-refractivity contribution is 6.33. The second-order valence-corrected chi connectivity index (χ2v) is 3.91. The molecule has 5 nitrogen and oxygen atoms in total. The van der Waals surface area contributed by atoms with Crippen molar-refractivity contribution < 1.29 is 14.7 Å². The maximum Gasteiger partial charge on any atom is 0.337 e. The zero-order valence-corrected chi connectivity index (χ0v) is 10.2. The first-order valence-corrected chi connectivity index (χ1v) is 5.34. The van der Waals surface area contributed by atoms with Crippen molar-refractivity contribution in [3.8, 4) is 0 Å². The number of likely N-dealkylation sites (N-methyl/N-ethyl adjacent to an activating group) is 1. The van der Waals surface area contributed by atoms with E-state index in [2.05, 4.69) is 10.6 Å². The maximum absolute atomic E-state index is 11.5. The third-order valence-corrected chi connectivity index (χ3v) is 2.61. The van der Waals surface area contributed by atoms with Gasteiger partial charge >= 0.3 is 5.97 Å². The summed E-state index contributed by atoms with van der Waals surface area (Å²) in [5, 5.41) is 14.3. The summed E-state index contributed by atoms with van der Waals surface area (Å²) in [7, 11) is 1.67. The van der Waals surface area contributed by atoms with Gasteiger partial charge in [-0.3, -0.25) is 4.79 Å². The van der Waals surface area contributed by atoms with Gasteiger partial charge in [-0.25, -0.2) is 4.79 Å². The first-order chi connectivity index (χ1) is 7.95. The standard InChI is InChI=1S/C11H13ClN2O3/c1-6(13-2)10(15)14-7-3-4-8(11(16)17)9(12)5-7/h3-6,13H,1-2H3,(H,14,15)(H,16,17). The Kier molecular flexibility index (Phi) is 4.48. The number of amides is 1. The zero-order valence-electron chi connectivity index (χ0n) is 9.45. The largest absolute Gasteiger partial charge is 0.478 e. The molecule has 0 fully saturated rings. The van der Waals surface area contributed by atoms with Crippen molar-refractivity contribution in [3.63, 3.8) is 0 Å². The zero-order chi connectivity index (χ0) is 13.0. The molecule has 1 amide bonds. The van der Waals surface area contributed by atoms with Crippen molar-refractivity contribution in [2.45, 2.75) is 13.0 Å². The second-order valence-electron chi connectivity index (χ2n) is 3.50. The number of rotatable bonds is 4. The molecule has 1 aromatic rings. The van der Waals surface area contributed by atoms with Crippen LogP contribution in [0.3, 0.4) is 0 Å². The Morgan fingerprint density at radius 1 is 1.41 bits per heavy atom. The van der Waals surface area contributed by atoms with Crippen molar-refractivity contribution in [1.82, 2.24) is 5.32 Å². The highest BCUT2D eigenvalue weighted by Crippen LogP contribution is 2.21. The third kappa shape index (κ3) is 3.44. The molecule has 0 saturated carbocycles. The number of hydrogen-bond donors (Lipinski definition) is 3. The van der Waals surface area contributed by atoms with Gasteiger partial charge in [-0.1, -0.05) is 11.6 Å². The Morgan fingerprint density at radius 3 is 2.53 bits per heavy atom. The van der Waals surface area contributed by atoms with Crippen LogP contribution in [0.25, 0.3) is 0 Å². The van der Waals surface area contributed by atoms with Crippen LogP contribution in [0.5, 0.6) is 0 Å². The van der Waals surface area contributed by atoms with E-state index in [-0.39, 0.29) is 22.5 Å². The number of aromatic carboxylic acids is 1. The summed E-state index contributed by atoms with van der Waals surface area (Å²) in [6.07, 6.45) is 0. The average Bonchev–Trinajstić information content (AvgIpc) is 2.27. The number of carboxylic acid groups (broad SMARTS) is 1. The molecule has 1 rings (SSSR count). The minimum atomic E-state index is -1.10. The number of carbonyl (C=O) groups excluding carboxylic acids is 1. The molecular weight excluding hydrogens is 244 g/mol. The van der Waals surface area contributed by atoms with Gasteiger partial charge in [-0.05, 0) is 32.2 Å². The minimum Gasteiger partial charge on any atom is -0.478 e. The summed E-state index contributed by atoms with van der Waals surface area (Å²) >= 11 is 5.77. The number of anilines is 1. The molecule has 0 aliphatic rings. The van der Waals surface area contributed by atoms with Crippen LogP contribution < -0.4 is 10.6 Å². The lowest BCUT2D eigenvalue weighted by atomic mass is 10.2. The monoisotopic (exact) mass is 256 g/mol. The van der Waals surface area contributed by atoms with E-state index in [1.54, 1.807) is 14.0 Å². The molecule has 0 aliphatic heterocycles. The van der Waals surface area contributed by atoms with Gasteiger partial charge in [0.25, 0.3) is 0 Å². The van der Waals surface area contributed by atoms with Gasteiger partial charge in [0.1, 0.15) is 0 Å². The molecular formula is C11H13ClN2O3. The van der Waals surface area contributed by atoms with E-state index in [1.807, 2.05) is 0 Å². The van der Waals surface area contributed by atoms with Crippen LogP contribution in [0.1, 0.15) is 17.3 Å². The van der Waals surface area contributed by atoms with Gasteiger partial charge < -0.3 is 15.7 Å². The predicted molar refractivity (Wildman–Crippen MR) is 65.6 cm³/mol. The number of nitrogens with one attached hydrogen (secondary N) is 2. The van der Waals surface area contributed by atoms with Gasteiger partial charge in [0, 0.05) is 5.69 Å². The Morgan fingerprint density at radius 2 is 2.06 bits per heavy atom. The van der Waals surface area contributed by atoms with Crippen LogP contribution in [-0.2, 0) is 4.79 Å². The molecule has 1 atom stereocenters. The minimum absolute atomic E-state index is 0.00586. The van der Waals surface area contributed by atoms with E-state index < -0.39 is 5.97 Å². The van der Waals surface area contributed by atoms with Gasteiger partial charge in [0.15, 0.2) is 0 Å². The molecule has 0 radical (unpaired) electrons. The molecule has 0 heterocycles. The lowest BCUT2D eigenvalue weighted by Crippen LogP contribution is -2.35. The van der Waals surface area contributed by atoms with Crippen LogP contribution in [0.15, 0.2) is 18.2 Å². The van der Waals surface area contributed by atoms with Crippen LogP contribution in [0.4, 0.5) is 5.69 Å². The van der Waals surface area contributed by atoms with E-state index in [0.717, 1.165) is 0 Å². The van der Waals surface area contributed by atoms with E-state index in [1.165, 1.54) is 18.2 Å². The number of carbonyl (C=O) groups is 2. The van der Waals surface area contributed by atoms with Crippen LogP contribution >= 0.6 is 11.6 Å². The molecule has 17 heavy (non-hydrogen) atoms. The topological polar surface area (TPSA) is 78.4 Å². The second kappa shape index (κ2) is 5.65. The number of hydrogen-bond acceptors (Lipinski definition) is 3. The highest BCUT2D eigenvalue weighted by atomic mass is 35.5. The molecule has 1 aromatic carbocycles. The van der Waals surface area contributed by atoms with Crippen LogP contribution in [-0.4, -0.2) is 30.1 Å². The molecule has 0 spiro atoms. The summed E-state index contributed by atoms with van der Waals surface area (Å²) in [5.74, 6) is -1.32. The fraction of sp³-hybridized carbons (Fsp3) is 0.273. The predicted octanol–water partition coefficient (Wildman–Crippen LogP) is 1.58. The van der Waals surface area contributed by atoms with Crippen molar-refractivity contribution >= 4 is 29.2 Å². The van der Waals surface area contributed by atoms with E-state index >= 15 is 0 Å². The molecule has 3 N–H and O–H groups in total. The van der Waals surface area contributed by atoms with E-state index in [0.29, 0.717) is 5.69 Å². The lowest BCUT2D eigenvalue weighted by Gasteiger charge is -2.11. The molecule has 0 bridgehead atoms. The summed E-state index contributed by atoms with van der Waals surface area (Å²) in [6.45, 7) is 1.71. The van der Waals surface area contributed by atoms with Crippen molar-refractivity contribution in [1.29, 1.82) is 0 Å². The summed E-state index contributed by atoms with van der Waals surface area (Å²) in [5.41, 5.74) is 0.471. The van der Waals surface area contributed by atoms with Gasteiger partial charge in [0.2, 0.25) is 5.91 Å². The normalized spacial score (nSPS) is 11.9. The summed E-state index contributed by atoms with van der Waals surface area (Å²) < 4.78 is 0. The number of benzene rings is 1. The number of carboxylic acids is 1. The Hall–Kier alpha value is -1.59.